The molecule has 0 N–H and O–H groups in total. The van der Waals surface area contributed by atoms with E-state index in [0.717, 1.165) is 19.1 Å². The molecule has 0 saturated heterocycles. The van der Waals surface area contributed by atoms with Crippen molar-refractivity contribution in [3.63, 3.8) is 0 Å². The van der Waals surface area contributed by atoms with Gasteiger partial charge in [-0.2, -0.15) is 0 Å². The summed E-state index contributed by atoms with van der Waals surface area (Å²) in [5.74, 6) is 0. The van der Waals surface area contributed by atoms with Crippen LogP contribution in [0.15, 0.2) is 12.3 Å². The summed E-state index contributed by atoms with van der Waals surface area (Å²) < 4.78 is 5.46. The molecule has 0 rings (SSSR count). The Balaban J connectivity index is 3.33. The largest absolute Gasteiger partial charge is 0.566 e. The molecule has 0 aromatic rings. The van der Waals surface area contributed by atoms with Crippen LogP contribution in [0.2, 0.25) is 12.6 Å². The predicted octanol–water partition coefficient (Wildman–Crippen LogP) is 3.35. The summed E-state index contributed by atoms with van der Waals surface area (Å²) in [7, 11) is 0. The first-order chi connectivity index (χ1) is 5.35. The normalized spacial score (nSPS) is 10.5. The van der Waals surface area contributed by atoms with Crippen LogP contribution in [0.3, 0.4) is 0 Å². The number of hydrogen-bond acceptors (Lipinski definition) is 1. The van der Waals surface area contributed by atoms with E-state index in [2.05, 4.69) is 26.8 Å². The van der Waals surface area contributed by atoms with Crippen LogP contribution in [0, 0.1) is 0 Å². The van der Waals surface area contributed by atoms with Crippen molar-refractivity contribution in [3.8, 4) is 0 Å². The van der Waals surface area contributed by atoms with Gasteiger partial charge in [-0.1, -0.05) is 33.3 Å². The smallest absolute Gasteiger partial charge is 0.356 e. The Labute approximate surface area is 70.9 Å². The number of allylic oxidation sites excluding steroid dienone is 1. The van der Waals surface area contributed by atoms with Crippen LogP contribution in [-0.2, 0) is 4.65 Å². The Morgan fingerprint density at radius 3 is 2.27 bits per heavy atom. The van der Waals surface area contributed by atoms with Gasteiger partial charge < -0.3 is 4.65 Å². The molecular weight excluding hydrogens is 135 g/mol. The second kappa shape index (κ2) is 7.71. The third-order valence-electron chi connectivity index (χ3n) is 1.73. The molecule has 0 bridgehead atoms. The molecule has 2 heteroatoms. The highest BCUT2D eigenvalue weighted by Crippen LogP contribution is 2.00. The zero-order valence-corrected chi connectivity index (χ0v) is 7.97. The van der Waals surface area contributed by atoms with Gasteiger partial charge in [0.2, 0.25) is 0 Å². The van der Waals surface area contributed by atoms with Crippen molar-refractivity contribution in [3.05, 3.63) is 12.3 Å². The van der Waals surface area contributed by atoms with Crippen LogP contribution in [0.1, 0.15) is 33.6 Å². The predicted molar refractivity (Wildman–Crippen MR) is 51.8 cm³/mol. The maximum Gasteiger partial charge on any atom is 0.356 e. The molecule has 0 aliphatic heterocycles. The van der Waals surface area contributed by atoms with E-state index in [1.54, 1.807) is 0 Å². The Kier molecular flexibility index (Phi) is 7.43. The monoisotopic (exact) mass is 154 g/mol. The van der Waals surface area contributed by atoms with Crippen LogP contribution in [0.4, 0.5) is 0 Å². The van der Waals surface area contributed by atoms with Crippen molar-refractivity contribution >= 4 is 6.92 Å². The Morgan fingerprint density at radius 2 is 1.82 bits per heavy atom. The lowest BCUT2D eigenvalue weighted by atomic mass is 9.63. The minimum atomic E-state index is 0.420. The van der Waals surface area contributed by atoms with Crippen LogP contribution in [0.5, 0.6) is 0 Å². The Bertz CT molecular complexity index is 97.7. The van der Waals surface area contributed by atoms with Crippen LogP contribution in [0.25, 0.3) is 0 Å². The average Bonchev–Trinajstić information content (AvgIpc) is 2.05. The molecule has 0 unspecified atom stereocenters. The van der Waals surface area contributed by atoms with Gasteiger partial charge in [0.05, 0.1) is 6.26 Å². The first-order valence-electron chi connectivity index (χ1n) is 4.65. The summed E-state index contributed by atoms with van der Waals surface area (Å²) >= 11 is 0. The number of hydrogen-bond donors (Lipinski definition) is 0. The second-order valence-corrected chi connectivity index (χ2v) is 2.74. The lowest BCUT2D eigenvalue weighted by molar-refractivity contribution is 0.486. The third kappa shape index (κ3) is 6.02. The van der Waals surface area contributed by atoms with Gasteiger partial charge in [-0.15, -0.1) is 0 Å². The standard InChI is InChI=1S/C9H19BO/c1-4-7-8-9-11-10(5-2)6-3/h8-9H,4-7H2,1-3H3/b9-8+. The van der Waals surface area contributed by atoms with Gasteiger partial charge in [0.1, 0.15) is 0 Å². The van der Waals surface area contributed by atoms with Crippen LogP contribution in [-0.4, -0.2) is 6.92 Å². The van der Waals surface area contributed by atoms with E-state index in [1.807, 2.05) is 6.26 Å². The summed E-state index contributed by atoms with van der Waals surface area (Å²) in [6.07, 6.45) is 8.47. The molecule has 0 fully saturated rings. The molecule has 0 amide bonds. The Morgan fingerprint density at radius 1 is 1.18 bits per heavy atom. The second-order valence-electron chi connectivity index (χ2n) is 2.74. The summed E-state index contributed by atoms with van der Waals surface area (Å²) in [5, 5.41) is 0. The van der Waals surface area contributed by atoms with Gasteiger partial charge >= 0.3 is 6.92 Å². The van der Waals surface area contributed by atoms with E-state index in [-0.39, 0.29) is 0 Å². The summed E-state index contributed by atoms with van der Waals surface area (Å²) in [6.45, 7) is 6.90. The minimum Gasteiger partial charge on any atom is -0.566 e. The van der Waals surface area contributed by atoms with Crippen LogP contribution >= 0.6 is 0 Å². The van der Waals surface area contributed by atoms with Crippen molar-refractivity contribution in [2.45, 2.75) is 46.3 Å². The van der Waals surface area contributed by atoms with E-state index in [1.165, 1.54) is 6.42 Å². The van der Waals surface area contributed by atoms with E-state index in [4.69, 9.17) is 4.65 Å². The van der Waals surface area contributed by atoms with E-state index < -0.39 is 0 Å². The fourth-order valence-electron chi connectivity index (χ4n) is 0.882. The SMILES string of the molecule is CCC/C=C/OB(CC)CC. The van der Waals surface area contributed by atoms with Gasteiger partial charge in [-0.3, -0.25) is 0 Å². The van der Waals surface area contributed by atoms with Crippen molar-refractivity contribution in [2.75, 3.05) is 0 Å². The van der Waals surface area contributed by atoms with Crippen molar-refractivity contribution in [2.24, 2.45) is 0 Å². The molecule has 0 aromatic carbocycles. The lowest BCUT2D eigenvalue weighted by Crippen LogP contribution is -2.10. The van der Waals surface area contributed by atoms with Crippen molar-refractivity contribution in [1.82, 2.24) is 0 Å². The van der Waals surface area contributed by atoms with Gasteiger partial charge in [-0.25, -0.2) is 0 Å². The molecule has 0 saturated carbocycles. The zero-order valence-electron chi connectivity index (χ0n) is 7.97. The number of unbranched alkanes of at least 4 members (excludes halogenated alkanes) is 1. The van der Waals surface area contributed by atoms with Gasteiger partial charge in [0.25, 0.3) is 0 Å². The van der Waals surface area contributed by atoms with E-state index >= 15 is 0 Å². The van der Waals surface area contributed by atoms with Gasteiger partial charge in [-0.05, 0) is 19.1 Å². The first kappa shape index (κ1) is 10.6. The molecule has 0 radical (unpaired) electrons. The topological polar surface area (TPSA) is 9.23 Å². The molecule has 0 atom stereocenters. The minimum absolute atomic E-state index is 0.420. The van der Waals surface area contributed by atoms with E-state index in [0.29, 0.717) is 6.92 Å². The first-order valence-corrected chi connectivity index (χ1v) is 4.65. The molecule has 11 heavy (non-hydrogen) atoms. The summed E-state index contributed by atoms with van der Waals surface area (Å²) in [4.78, 5) is 0. The Hall–Kier alpha value is -0.395. The molecule has 0 aliphatic carbocycles. The molecule has 0 heterocycles. The number of rotatable bonds is 6. The molecule has 1 nitrogen and oxygen atoms in total. The van der Waals surface area contributed by atoms with Gasteiger partial charge in [0, 0.05) is 0 Å². The molecule has 0 aromatic heterocycles. The fraction of sp³-hybridized carbons (Fsp3) is 0.778. The van der Waals surface area contributed by atoms with Crippen LogP contribution < -0.4 is 0 Å². The van der Waals surface area contributed by atoms with E-state index in [9.17, 15) is 0 Å². The zero-order chi connectivity index (χ0) is 8.53. The van der Waals surface area contributed by atoms with Gasteiger partial charge in [0.15, 0.2) is 0 Å². The maximum absolute atomic E-state index is 5.46. The highest BCUT2D eigenvalue weighted by atomic mass is 16.4. The molecule has 0 aliphatic rings. The summed E-state index contributed by atoms with van der Waals surface area (Å²) in [5.41, 5.74) is 0. The average molecular weight is 154 g/mol. The summed E-state index contributed by atoms with van der Waals surface area (Å²) in [6, 6.07) is 0. The highest BCUT2D eigenvalue weighted by Gasteiger charge is 2.07. The third-order valence-corrected chi connectivity index (χ3v) is 1.73. The quantitative estimate of drug-likeness (QED) is 0.421. The molecule has 0 spiro atoms. The highest BCUT2D eigenvalue weighted by molar-refractivity contribution is 6.51. The molecular formula is C9H19BO. The lowest BCUT2D eigenvalue weighted by Gasteiger charge is -2.06. The fourth-order valence-corrected chi connectivity index (χ4v) is 0.882. The molecule has 64 valence electrons. The van der Waals surface area contributed by atoms with Crippen molar-refractivity contribution in [1.29, 1.82) is 0 Å². The maximum atomic E-state index is 5.46. The van der Waals surface area contributed by atoms with Crippen molar-refractivity contribution < 1.29 is 4.65 Å².